The normalized spacial score (nSPS) is 20.0. The Morgan fingerprint density at radius 1 is 1.42 bits per heavy atom. The van der Waals surface area contributed by atoms with Gasteiger partial charge < -0.3 is 9.64 Å². The smallest absolute Gasteiger partial charge is 0.0593 e. The van der Waals surface area contributed by atoms with Crippen LogP contribution in [-0.4, -0.2) is 37.7 Å². The van der Waals surface area contributed by atoms with Gasteiger partial charge in [0.2, 0.25) is 0 Å². The molecule has 0 radical (unpaired) electrons. The van der Waals surface area contributed by atoms with Crippen molar-refractivity contribution in [1.82, 2.24) is 4.90 Å². The topological polar surface area (TPSA) is 12.5 Å². The van der Waals surface area contributed by atoms with Gasteiger partial charge in [0.05, 0.1) is 6.61 Å². The second kappa shape index (κ2) is 4.83. The molecule has 1 aliphatic rings. The first kappa shape index (κ1) is 10.0. The van der Waals surface area contributed by atoms with Gasteiger partial charge in [-0.05, 0) is 18.8 Å². The van der Waals surface area contributed by atoms with Crippen LogP contribution >= 0.6 is 0 Å². The van der Waals surface area contributed by atoms with E-state index in [-0.39, 0.29) is 0 Å². The molecule has 0 aromatic carbocycles. The van der Waals surface area contributed by atoms with Crippen molar-refractivity contribution in [2.45, 2.75) is 20.8 Å². The molecule has 0 N–H and O–H groups in total. The predicted octanol–water partition coefficient (Wildman–Crippen LogP) is 1.61. The quantitative estimate of drug-likeness (QED) is 0.583. The summed E-state index contributed by atoms with van der Waals surface area (Å²) >= 11 is 0. The maximum atomic E-state index is 5.29. The minimum atomic E-state index is 0.849. The van der Waals surface area contributed by atoms with Crippen LogP contribution in [0.1, 0.15) is 20.8 Å². The molecule has 1 saturated heterocycles. The van der Waals surface area contributed by atoms with Gasteiger partial charge in [-0.25, -0.2) is 0 Å². The molecule has 1 fully saturated rings. The van der Waals surface area contributed by atoms with Crippen LogP contribution in [0.25, 0.3) is 0 Å². The number of rotatable bonds is 5. The minimum Gasteiger partial charge on any atom is -0.380 e. The van der Waals surface area contributed by atoms with Gasteiger partial charge in [0, 0.05) is 26.2 Å². The van der Waals surface area contributed by atoms with Crippen molar-refractivity contribution >= 4 is 0 Å². The summed E-state index contributed by atoms with van der Waals surface area (Å²) in [4.78, 5) is 2.47. The summed E-state index contributed by atoms with van der Waals surface area (Å²) in [5.41, 5.74) is 0. The van der Waals surface area contributed by atoms with Gasteiger partial charge >= 0.3 is 0 Å². The lowest BCUT2D eigenvalue weighted by molar-refractivity contribution is 0.0338. The third kappa shape index (κ3) is 2.76. The highest BCUT2D eigenvalue weighted by molar-refractivity contribution is 4.81. The van der Waals surface area contributed by atoms with Gasteiger partial charge in [-0.2, -0.15) is 0 Å². The van der Waals surface area contributed by atoms with Gasteiger partial charge in [-0.1, -0.05) is 13.8 Å². The summed E-state index contributed by atoms with van der Waals surface area (Å²) < 4.78 is 5.29. The molecule has 0 unspecified atom stereocenters. The summed E-state index contributed by atoms with van der Waals surface area (Å²) in [5.74, 6) is 1.79. The van der Waals surface area contributed by atoms with E-state index in [4.69, 9.17) is 4.74 Å². The average Bonchev–Trinajstić information content (AvgIpc) is 1.93. The van der Waals surface area contributed by atoms with Crippen LogP contribution in [0, 0.1) is 11.8 Å². The SMILES string of the molecule is CCOCCN1CC(C(C)C)C1. The molecule has 0 aromatic heterocycles. The van der Waals surface area contributed by atoms with E-state index in [2.05, 4.69) is 18.7 Å². The number of nitrogens with zero attached hydrogens (tertiary/aromatic N) is 1. The van der Waals surface area contributed by atoms with E-state index in [1.54, 1.807) is 0 Å². The third-order valence-corrected chi connectivity index (χ3v) is 2.68. The molecular formula is C10H21NO. The molecule has 0 aliphatic carbocycles. The molecule has 1 rings (SSSR count). The van der Waals surface area contributed by atoms with Gasteiger partial charge in [0.25, 0.3) is 0 Å². The number of hydrogen-bond donors (Lipinski definition) is 0. The van der Waals surface area contributed by atoms with Gasteiger partial charge in [0.15, 0.2) is 0 Å². The van der Waals surface area contributed by atoms with E-state index in [1.165, 1.54) is 13.1 Å². The third-order valence-electron chi connectivity index (χ3n) is 2.68. The van der Waals surface area contributed by atoms with Crippen molar-refractivity contribution in [2.24, 2.45) is 11.8 Å². The highest BCUT2D eigenvalue weighted by Crippen LogP contribution is 2.22. The fraction of sp³-hybridized carbons (Fsp3) is 1.00. The molecule has 1 aliphatic heterocycles. The molecule has 12 heavy (non-hydrogen) atoms. The lowest BCUT2D eigenvalue weighted by Crippen LogP contribution is -2.49. The van der Waals surface area contributed by atoms with Crippen LogP contribution < -0.4 is 0 Å². The fourth-order valence-corrected chi connectivity index (χ4v) is 1.55. The molecule has 0 amide bonds. The van der Waals surface area contributed by atoms with Crippen molar-refractivity contribution in [1.29, 1.82) is 0 Å². The van der Waals surface area contributed by atoms with E-state index < -0.39 is 0 Å². The lowest BCUT2D eigenvalue weighted by Gasteiger charge is -2.41. The first-order chi connectivity index (χ1) is 5.74. The highest BCUT2D eigenvalue weighted by atomic mass is 16.5. The predicted molar refractivity (Wildman–Crippen MR) is 51.3 cm³/mol. The van der Waals surface area contributed by atoms with E-state index in [1.807, 2.05) is 6.92 Å². The Morgan fingerprint density at radius 2 is 2.08 bits per heavy atom. The maximum absolute atomic E-state index is 5.29. The van der Waals surface area contributed by atoms with Crippen molar-refractivity contribution in [3.63, 3.8) is 0 Å². The second-order valence-electron chi connectivity index (χ2n) is 3.96. The fourth-order valence-electron chi connectivity index (χ4n) is 1.55. The van der Waals surface area contributed by atoms with Gasteiger partial charge in [0.1, 0.15) is 0 Å². The van der Waals surface area contributed by atoms with Crippen molar-refractivity contribution < 1.29 is 4.74 Å². The molecule has 72 valence electrons. The largest absolute Gasteiger partial charge is 0.380 e. The molecule has 2 heteroatoms. The number of likely N-dealkylation sites (tertiary alicyclic amines) is 1. The molecule has 2 nitrogen and oxygen atoms in total. The number of ether oxygens (including phenoxy) is 1. The highest BCUT2D eigenvalue weighted by Gasteiger charge is 2.27. The van der Waals surface area contributed by atoms with E-state index >= 15 is 0 Å². The first-order valence-corrected chi connectivity index (χ1v) is 5.04. The summed E-state index contributed by atoms with van der Waals surface area (Å²) in [6, 6.07) is 0. The standard InChI is InChI=1S/C10H21NO/c1-4-12-6-5-11-7-10(8-11)9(2)3/h9-10H,4-8H2,1-3H3. The molecule has 1 heterocycles. The van der Waals surface area contributed by atoms with Crippen LogP contribution in [0.3, 0.4) is 0 Å². The maximum Gasteiger partial charge on any atom is 0.0593 e. The van der Waals surface area contributed by atoms with Crippen molar-refractivity contribution in [3.05, 3.63) is 0 Å². The second-order valence-corrected chi connectivity index (χ2v) is 3.96. The zero-order chi connectivity index (χ0) is 8.97. The molecular weight excluding hydrogens is 150 g/mol. The minimum absolute atomic E-state index is 0.849. The average molecular weight is 171 g/mol. The summed E-state index contributed by atoms with van der Waals surface area (Å²) in [5, 5.41) is 0. The van der Waals surface area contributed by atoms with Crippen molar-refractivity contribution in [3.8, 4) is 0 Å². The van der Waals surface area contributed by atoms with Crippen LogP contribution in [0.2, 0.25) is 0 Å². The van der Waals surface area contributed by atoms with Gasteiger partial charge in [-0.3, -0.25) is 0 Å². The lowest BCUT2D eigenvalue weighted by atomic mass is 9.88. The van der Waals surface area contributed by atoms with Gasteiger partial charge in [-0.15, -0.1) is 0 Å². The Balaban J connectivity index is 1.95. The Hall–Kier alpha value is -0.0800. The Morgan fingerprint density at radius 3 is 2.58 bits per heavy atom. The van der Waals surface area contributed by atoms with Crippen LogP contribution in [0.5, 0.6) is 0 Å². The first-order valence-electron chi connectivity index (χ1n) is 5.04. The van der Waals surface area contributed by atoms with E-state index in [9.17, 15) is 0 Å². The summed E-state index contributed by atoms with van der Waals surface area (Å²) in [6.45, 7) is 12.1. The van der Waals surface area contributed by atoms with Crippen LogP contribution in [-0.2, 0) is 4.74 Å². The monoisotopic (exact) mass is 171 g/mol. The van der Waals surface area contributed by atoms with Crippen LogP contribution in [0.15, 0.2) is 0 Å². The molecule has 0 aromatic rings. The molecule has 0 spiro atoms. The van der Waals surface area contributed by atoms with E-state index in [0.29, 0.717) is 0 Å². The Labute approximate surface area is 75.9 Å². The Kier molecular flexibility index (Phi) is 4.02. The summed E-state index contributed by atoms with van der Waals surface area (Å²) in [6.07, 6.45) is 0. The Bertz CT molecular complexity index is 119. The molecule has 0 bridgehead atoms. The van der Waals surface area contributed by atoms with Crippen molar-refractivity contribution in [2.75, 3.05) is 32.8 Å². The zero-order valence-corrected chi connectivity index (χ0v) is 8.55. The summed E-state index contributed by atoms with van der Waals surface area (Å²) in [7, 11) is 0. The zero-order valence-electron chi connectivity index (χ0n) is 8.55. The number of hydrogen-bond acceptors (Lipinski definition) is 2. The van der Waals surface area contributed by atoms with Crippen LogP contribution in [0.4, 0.5) is 0 Å². The van der Waals surface area contributed by atoms with E-state index in [0.717, 1.165) is 31.6 Å². The molecule has 0 saturated carbocycles. The molecule has 0 atom stereocenters.